The van der Waals surface area contributed by atoms with Crippen molar-refractivity contribution in [1.29, 1.82) is 0 Å². The summed E-state index contributed by atoms with van der Waals surface area (Å²) in [5.74, 6) is -0.511. The zero-order valence-electron chi connectivity index (χ0n) is 66.4. The molecule has 0 aliphatic carbocycles. The summed E-state index contributed by atoms with van der Waals surface area (Å²) >= 11 is 0. The summed E-state index contributed by atoms with van der Waals surface area (Å²) in [5.41, 5.74) is 0. The van der Waals surface area contributed by atoms with Crippen LogP contribution in [0.3, 0.4) is 0 Å². The third kappa shape index (κ3) is 75.8. The number of ether oxygens (including phenoxy) is 4. The molecule has 0 bridgehead atoms. The first-order chi connectivity index (χ1) is 49.4. The number of allylic oxidation sites excluding steroid dienone is 4. The van der Waals surface area contributed by atoms with Crippen molar-refractivity contribution >= 4 is 39.5 Å². The summed E-state index contributed by atoms with van der Waals surface area (Å²) in [6.45, 7) is 9.60. The highest BCUT2D eigenvalue weighted by molar-refractivity contribution is 7.47. The molecule has 0 spiro atoms. The molecule has 0 aromatic rings. The number of hydrogen-bond acceptors (Lipinski definition) is 15. The Balaban J connectivity index is 5.20. The largest absolute Gasteiger partial charge is 0.472 e. The molecule has 0 aromatic heterocycles. The summed E-state index contributed by atoms with van der Waals surface area (Å²) in [6.07, 6.45) is 67.7. The second-order valence-corrected chi connectivity index (χ2v) is 33.0. The Labute approximate surface area is 624 Å². The molecule has 0 aliphatic rings. The lowest BCUT2D eigenvalue weighted by atomic mass is 10.0. The van der Waals surface area contributed by atoms with E-state index in [1.54, 1.807) is 0 Å². The van der Waals surface area contributed by atoms with Crippen molar-refractivity contribution in [2.45, 2.75) is 432 Å². The van der Waals surface area contributed by atoms with Crippen LogP contribution in [-0.4, -0.2) is 96.7 Å². The lowest BCUT2D eigenvalue weighted by Gasteiger charge is -2.21. The molecule has 0 amide bonds. The van der Waals surface area contributed by atoms with E-state index in [0.717, 1.165) is 127 Å². The molecule has 0 saturated heterocycles. The van der Waals surface area contributed by atoms with Crippen molar-refractivity contribution in [2.24, 2.45) is 11.8 Å². The molecule has 2 unspecified atom stereocenters. The van der Waals surface area contributed by atoms with Crippen LogP contribution in [0.2, 0.25) is 0 Å². The Bertz CT molecular complexity index is 2050. The molecular formula is C83H158O17P2. The number of phosphoric ester groups is 2. The van der Waals surface area contributed by atoms with Crippen LogP contribution in [0.1, 0.15) is 414 Å². The molecule has 0 radical (unpaired) electrons. The lowest BCUT2D eigenvalue weighted by molar-refractivity contribution is -0.161. The molecule has 0 saturated carbocycles. The van der Waals surface area contributed by atoms with Gasteiger partial charge in [0.05, 0.1) is 26.4 Å². The summed E-state index contributed by atoms with van der Waals surface area (Å²) < 4.78 is 68.6. The van der Waals surface area contributed by atoms with Gasteiger partial charge in [-0.2, -0.15) is 0 Å². The number of phosphoric acid groups is 2. The van der Waals surface area contributed by atoms with Crippen molar-refractivity contribution in [1.82, 2.24) is 0 Å². The second kappa shape index (κ2) is 74.0. The van der Waals surface area contributed by atoms with Gasteiger partial charge < -0.3 is 33.8 Å². The number of carbonyl (C=O) groups excluding carboxylic acids is 4. The van der Waals surface area contributed by atoms with E-state index in [1.165, 1.54) is 205 Å². The number of esters is 4. The topological polar surface area (TPSA) is 237 Å². The quantitative estimate of drug-likeness (QED) is 0.0169. The maximum Gasteiger partial charge on any atom is 0.472 e. The summed E-state index contributed by atoms with van der Waals surface area (Å²) in [4.78, 5) is 72.9. The van der Waals surface area contributed by atoms with Gasteiger partial charge in [-0.15, -0.1) is 0 Å². The van der Waals surface area contributed by atoms with Gasteiger partial charge >= 0.3 is 39.5 Å². The fourth-order valence-corrected chi connectivity index (χ4v) is 13.9. The normalized spacial score (nSPS) is 14.0. The lowest BCUT2D eigenvalue weighted by Crippen LogP contribution is -2.30. The summed E-state index contributed by atoms with van der Waals surface area (Å²) in [6, 6.07) is 0. The monoisotopic (exact) mass is 1490 g/mol. The minimum Gasteiger partial charge on any atom is -0.462 e. The van der Waals surface area contributed by atoms with E-state index in [0.29, 0.717) is 25.7 Å². The Morgan fingerprint density at radius 3 is 0.804 bits per heavy atom. The fourth-order valence-electron chi connectivity index (χ4n) is 12.3. The first-order valence-corrected chi connectivity index (χ1v) is 45.3. The zero-order chi connectivity index (χ0) is 74.9. The molecular weight excluding hydrogens is 1330 g/mol. The number of carbonyl (C=O) groups is 4. The number of rotatable bonds is 80. The third-order valence-electron chi connectivity index (χ3n) is 18.8. The van der Waals surface area contributed by atoms with Crippen molar-refractivity contribution in [3.05, 3.63) is 24.3 Å². The van der Waals surface area contributed by atoms with Crippen LogP contribution in [0, 0.1) is 11.8 Å². The first-order valence-electron chi connectivity index (χ1n) is 42.3. The standard InChI is InChI=1S/C83H158O17P2/c1-7-9-11-13-15-16-17-18-25-33-38-43-49-55-61-67-82(87)99-78(71-93-80(85)65-59-53-45-14-12-10-8-2)73-97-101(89,90)95-69-77(84)70-96-102(91,92)98-74-79(72-94-81(86)66-60-54-48-42-37-32-28-24-23-27-31-36-41-47-52-58-64-76(5)6)100-83(88)68-62-56-50-44-39-34-29-22-20-19-21-26-30-35-40-46-51-57-63-75(3)4/h16-18,25,75-79,84H,7-15,19-24,26-74H2,1-6H3,(H,89,90)(H,91,92)/b17-16-,25-18-/t77-,78+,79+/m0/s1. The summed E-state index contributed by atoms with van der Waals surface area (Å²) in [5, 5.41) is 10.6. The van der Waals surface area contributed by atoms with E-state index < -0.39 is 97.5 Å². The predicted molar refractivity (Wildman–Crippen MR) is 418 cm³/mol. The maximum absolute atomic E-state index is 13.1. The van der Waals surface area contributed by atoms with Gasteiger partial charge in [0.25, 0.3) is 0 Å². The summed E-state index contributed by atoms with van der Waals surface area (Å²) in [7, 11) is -9.93. The number of hydrogen-bond donors (Lipinski definition) is 3. The number of aliphatic hydroxyl groups excluding tert-OH is 1. The van der Waals surface area contributed by atoms with Crippen molar-refractivity contribution in [3.8, 4) is 0 Å². The smallest absolute Gasteiger partial charge is 0.462 e. The average Bonchev–Trinajstić information content (AvgIpc) is 0.912. The van der Waals surface area contributed by atoms with Gasteiger partial charge in [0.15, 0.2) is 12.2 Å². The number of unbranched alkanes of at least 4 members (excludes halogenated alkanes) is 47. The van der Waals surface area contributed by atoms with Gasteiger partial charge in [0.1, 0.15) is 19.3 Å². The maximum atomic E-state index is 13.1. The molecule has 3 N–H and O–H groups in total. The molecule has 0 rings (SSSR count). The van der Waals surface area contributed by atoms with Crippen LogP contribution in [0.25, 0.3) is 0 Å². The van der Waals surface area contributed by atoms with Crippen LogP contribution in [-0.2, 0) is 65.4 Å². The predicted octanol–water partition coefficient (Wildman–Crippen LogP) is 24.6. The van der Waals surface area contributed by atoms with Crippen LogP contribution >= 0.6 is 15.6 Å². The van der Waals surface area contributed by atoms with Gasteiger partial charge in [-0.25, -0.2) is 9.13 Å². The average molecular weight is 1490 g/mol. The van der Waals surface area contributed by atoms with Crippen LogP contribution in [0.4, 0.5) is 0 Å². The molecule has 5 atom stereocenters. The zero-order valence-corrected chi connectivity index (χ0v) is 68.2. The first kappa shape index (κ1) is 99.5. The molecule has 19 heteroatoms. The van der Waals surface area contributed by atoms with E-state index >= 15 is 0 Å². The van der Waals surface area contributed by atoms with E-state index in [9.17, 15) is 43.2 Å². The van der Waals surface area contributed by atoms with Gasteiger partial charge in [0.2, 0.25) is 0 Å². The van der Waals surface area contributed by atoms with Crippen molar-refractivity contribution < 1.29 is 80.2 Å². The van der Waals surface area contributed by atoms with Crippen LogP contribution in [0.15, 0.2) is 24.3 Å². The van der Waals surface area contributed by atoms with Crippen LogP contribution in [0.5, 0.6) is 0 Å². The minimum absolute atomic E-state index is 0.0848. The van der Waals surface area contributed by atoms with Crippen molar-refractivity contribution in [2.75, 3.05) is 39.6 Å². The minimum atomic E-state index is -4.97. The van der Waals surface area contributed by atoms with Crippen LogP contribution < -0.4 is 0 Å². The highest BCUT2D eigenvalue weighted by atomic mass is 31.2. The van der Waals surface area contributed by atoms with Gasteiger partial charge in [-0.3, -0.25) is 37.3 Å². The molecule has 0 aliphatic heterocycles. The van der Waals surface area contributed by atoms with E-state index in [4.69, 9.17) is 37.0 Å². The third-order valence-corrected chi connectivity index (χ3v) is 20.7. The SMILES string of the molecule is CCCCCC/C=C\C=C/CCCCCCCC(=O)O[C@H](COC(=O)CCCCCCCCC)COP(=O)(O)OC[C@H](O)COP(=O)(O)OC[C@@H](COC(=O)CCCCCCCCCCCCCCCCCCC(C)C)OC(=O)CCCCCCCCCCCCCCCCCCCCC(C)C. The molecule has 0 aromatic carbocycles. The van der Waals surface area contributed by atoms with Gasteiger partial charge in [0, 0.05) is 25.7 Å². The highest BCUT2D eigenvalue weighted by Gasteiger charge is 2.30. The molecule has 102 heavy (non-hydrogen) atoms. The van der Waals surface area contributed by atoms with E-state index in [1.807, 2.05) is 0 Å². The highest BCUT2D eigenvalue weighted by Crippen LogP contribution is 2.45. The number of aliphatic hydroxyl groups is 1. The second-order valence-electron chi connectivity index (χ2n) is 30.1. The van der Waals surface area contributed by atoms with E-state index in [2.05, 4.69) is 65.8 Å². The molecule has 17 nitrogen and oxygen atoms in total. The van der Waals surface area contributed by atoms with Gasteiger partial charge in [-0.1, -0.05) is 361 Å². The van der Waals surface area contributed by atoms with E-state index in [-0.39, 0.29) is 25.7 Å². The molecule has 0 fully saturated rings. The Hall–Kier alpha value is -2.46. The molecule has 602 valence electrons. The van der Waals surface area contributed by atoms with Gasteiger partial charge in [-0.05, 0) is 63.2 Å². The fraction of sp³-hybridized carbons (Fsp3) is 0.904. The molecule has 0 heterocycles. The van der Waals surface area contributed by atoms with Crippen molar-refractivity contribution in [3.63, 3.8) is 0 Å². The Kier molecular flexibility index (Phi) is 72.2. The Morgan fingerprint density at radius 2 is 0.529 bits per heavy atom. The Morgan fingerprint density at radius 1 is 0.304 bits per heavy atom.